The van der Waals surface area contributed by atoms with Crippen molar-refractivity contribution in [2.75, 3.05) is 19.5 Å². The van der Waals surface area contributed by atoms with E-state index in [9.17, 15) is 0 Å². The van der Waals surface area contributed by atoms with Crippen LogP contribution in [0.2, 0.25) is 0 Å². The topological polar surface area (TPSA) is 29.5 Å². The summed E-state index contributed by atoms with van der Waals surface area (Å²) < 4.78 is 6.27. The van der Waals surface area contributed by atoms with Crippen LogP contribution in [0.25, 0.3) is 0 Å². The Morgan fingerprint density at radius 2 is 2.29 bits per heavy atom. The van der Waals surface area contributed by atoms with Crippen LogP contribution >= 0.6 is 27.7 Å². The van der Waals surface area contributed by atoms with Crippen LogP contribution < -0.4 is 4.74 Å². The van der Waals surface area contributed by atoms with E-state index in [0.717, 1.165) is 27.3 Å². The zero-order chi connectivity index (χ0) is 10.4. The van der Waals surface area contributed by atoms with Gasteiger partial charge in [0, 0.05) is 16.8 Å². The molecule has 1 rings (SSSR count). The number of methoxy groups -OCH3 is 1. The second-order valence-corrected chi connectivity index (χ2v) is 4.77. The standard InChI is InChI=1S/C10H13BrO2S/c1-13-9-4-3-8(11)7-10(9)14-6-2-5-12/h3-4,7,12H,2,5-6H2,1H3. The van der Waals surface area contributed by atoms with Crippen molar-refractivity contribution in [3.63, 3.8) is 0 Å². The molecule has 0 atom stereocenters. The highest BCUT2D eigenvalue weighted by atomic mass is 79.9. The summed E-state index contributed by atoms with van der Waals surface area (Å²) in [6.07, 6.45) is 0.806. The highest BCUT2D eigenvalue weighted by molar-refractivity contribution is 9.10. The molecule has 2 nitrogen and oxygen atoms in total. The van der Waals surface area contributed by atoms with Crippen LogP contribution in [-0.2, 0) is 0 Å². The molecule has 0 saturated carbocycles. The maximum Gasteiger partial charge on any atom is 0.132 e. The average Bonchev–Trinajstić information content (AvgIpc) is 2.19. The number of benzene rings is 1. The van der Waals surface area contributed by atoms with E-state index in [1.807, 2.05) is 18.2 Å². The number of aliphatic hydroxyl groups is 1. The molecule has 1 aromatic rings. The normalized spacial score (nSPS) is 10.2. The molecule has 1 aromatic carbocycles. The van der Waals surface area contributed by atoms with Crippen molar-refractivity contribution in [1.82, 2.24) is 0 Å². The Bertz CT molecular complexity index is 291. The minimum atomic E-state index is 0.239. The maximum atomic E-state index is 8.67. The zero-order valence-electron chi connectivity index (χ0n) is 8.00. The van der Waals surface area contributed by atoms with Crippen LogP contribution in [-0.4, -0.2) is 24.6 Å². The Morgan fingerprint density at radius 3 is 2.93 bits per heavy atom. The predicted octanol–water partition coefficient (Wildman–Crippen LogP) is 2.93. The molecule has 4 heteroatoms. The van der Waals surface area contributed by atoms with Gasteiger partial charge in [-0.2, -0.15) is 0 Å². The number of thioether (sulfide) groups is 1. The third-order valence-electron chi connectivity index (χ3n) is 1.69. The average molecular weight is 277 g/mol. The van der Waals surface area contributed by atoms with Gasteiger partial charge in [-0.3, -0.25) is 0 Å². The maximum absolute atomic E-state index is 8.67. The largest absolute Gasteiger partial charge is 0.496 e. The van der Waals surface area contributed by atoms with Gasteiger partial charge in [-0.15, -0.1) is 11.8 Å². The van der Waals surface area contributed by atoms with Gasteiger partial charge in [0.05, 0.1) is 12.0 Å². The SMILES string of the molecule is COc1ccc(Br)cc1SCCCO. The van der Waals surface area contributed by atoms with Crippen molar-refractivity contribution in [2.45, 2.75) is 11.3 Å². The summed E-state index contributed by atoms with van der Waals surface area (Å²) in [5.74, 6) is 1.79. The first-order valence-corrected chi connectivity index (χ1v) is 6.13. The minimum Gasteiger partial charge on any atom is -0.496 e. The van der Waals surface area contributed by atoms with Gasteiger partial charge < -0.3 is 9.84 Å². The molecule has 0 bridgehead atoms. The Morgan fingerprint density at radius 1 is 1.50 bits per heavy atom. The van der Waals surface area contributed by atoms with E-state index in [1.165, 1.54) is 0 Å². The zero-order valence-corrected chi connectivity index (χ0v) is 10.4. The minimum absolute atomic E-state index is 0.239. The first-order chi connectivity index (χ1) is 6.77. The lowest BCUT2D eigenvalue weighted by Gasteiger charge is -2.07. The number of rotatable bonds is 5. The fourth-order valence-corrected chi connectivity index (χ4v) is 2.52. The van der Waals surface area contributed by atoms with E-state index >= 15 is 0 Å². The number of halogens is 1. The van der Waals surface area contributed by atoms with Gasteiger partial charge in [0.15, 0.2) is 0 Å². The Hall–Kier alpha value is -0.190. The van der Waals surface area contributed by atoms with E-state index in [-0.39, 0.29) is 6.61 Å². The van der Waals surface area contributed by atoms with Crippen molar-refractivity contribution in [1.29, 1.82) is 0 Å². The summed E-state index contributed by atoms with van der Waals surface area (Å²) in [5.41, 5.74) is 0. The van der Waals surface area contributed by atoms with Crippen molar-refractivity contribution in [3.05, 3.63) is 22.7 Å². The molecular weight excluding hydrogens is 264 g/mol. The number of aliphatic hydroxyl groups excluding tert-OH is 1. The van der Waals surface area contributed by atoms with Crippen LogP contribution in [0.1, 0.15) is 6.42 Å². The van der Waals surface area contributed by atoms with Gasteiger partial charge in [0.2, 0.25) is 0 Å². The second-order valence-electron chi connectivity index (χ2n) is 2.72. The lowest BCUT2D eigenvalue weighted by atomic mass is 10.3. The third kappa shape index (κ3) is 3.52. The third-order valence-corrected chi connectivity index (χ3v) is 3.30. The van der Waals surface area contributed by atoms with Crippen LogP contribution in [0.3, 0.4) is 0 Å². The van der Waals surface area contributed by atoms with E-state index in [4.69, 9.17) is 9.84 Å². The summed E-state index contributed by atoms with van der Waals surface area (Å²) in [4.78, 5) is 1.11. The summed E-state index contributed by atoms with van der Waals surface area (Å²) in [5, 5.41) is 8.67. The van der Waals surface area contributed by atoms with Gasteiger partial charge in [-0.1, -0.05) is 15.9 Å². The molecule has 0 amide bonds. The summed E-state index contributed by atoms with van der Waals surface area (Å²) in [6, 6.07) is 5.92. The molecule has 0 aliphatic carbocycles. The molecular formula is C10H13BrO2S. The van der Waals surface area contributed by atoms with E-state index < -0.39 is 0 Å². The number of hydrogen-bond donors (Lipinski definition) is 1. The van der Waals surface area contributed by atoms with Gasteiger partial charge >= 0.3 is 0 Å². The van der Waals surface area contributed by atoms with Crippen molar-refractivity contribution in [3.8, 4) is 5.75 Å². The Labute approximate surface area is 96.8 Å². The summed E-state index contributed by atoms with van der Waals surface area (Å²) in [7, 11) is 1.67. The van der Waals surface area contributed by atoms with Crippen LogP contribution in [0.4, 0.5) is 0 Å². The monoisotopic (exact) mass is 276 g/mol. The predicted molar refractivity (Wildman–Crippen MR) is 63.1 cm³/mol. The summed E-state index contributed by atoms with van der Waals surface area (Å²) >= 11 is 5.11. The van der Waals surface area contributed by atoms with Crippen LogP contribution in [0, 0.1) is 0 Å². The molecule has 0 unspecified atom stereocenters. The number of ether oxygens (including phenoxy) is 1. The van der Waals surface area contributed by atoms with Crippen LogP contribution in [0.5, 0.6) is 5.75 Å². The highest BCUT2D eigenvalue weighted by Crippen LogP contribution is 2.32. The first-order valence-electron chi connectivity index (χ1n) is 4.35. The molecule has 0 radical (unpaired) electrons. The van der Waals surface area contributed by atoms with Crippen molar-refractivity contribution in [2.24, 2.45) is 0 Å². The molecule has 0 aliphatic heterocycles. The van der Waals surface area contributed by atoms with Crippen molar-refractivity contribution < 1.29 is 9.84 Å². The molecule has 78 valence electrons. The molecule has 0 fully saturated rings. The quantitative estimate of drug-likeness (QED) is 0.663. The van der Waals surface area contributed by atoms with Gasteiger partial charge in [0.25, 0.3) is 0 Å². The second kappa shape index (κ2) is 6.32. The molecule has 0 spiro atoms. The molecule has 1 N–H and O–H groups in total. The van der Waals surface area contributed by atoms with E-state index in [1.54, 1.807) is 18.9 Å². The molecule has 0 aromatic heterocycles. The smallest absolute Gasteiger partial charge is 0.132 e. The molecule has 0 heterocycles. The van der Waals surface area contributed by atoms with E-state index in [0.29, 0.717) is 0 Å². The summed E-state index contributed by atoms with van der Waals surface area (Å²) in [6.45, 7) is 0.239. The van der Waals surface area contributed by atoms with Crippen LogP contribution in [0.15, 0.2) is 27.6 Å². The van der Waals surface area contributed by atoms with Gasteiger partial charge in [-0.05, 0) is 24.6 Å². The molecule has 0 saturated heterocycles. The van der Waals surface area contributed by atoms with Crippen molar-refractivity contribution >= 4 is 27.7 Å². The van der Waals surface area contributed by atoms with E-state index in [2.05, 4.69) is 15.9 Å². The molecule has 14 heavy (non-hydrogen) atoms. The lowest BCUT2D eigenvalue weighted by molar-refractivity contribution is 0.296. The van der Waals surface area contributed by atoms with Gasteiger partial charge in [0.1, 0.15) is 5.75 Å². The fourth-order valence-electron chi connectivity index (χ4n) is 1.01. The fraction of sp³-hybridized carbons (Fsp3) is 0.400. The Balaban J connectivity index is 2.67. The first kappa shape index (κ1) is 11.9. The lowest BCUT2D eigenvalue weighted by Crippen LogP contribution is -1.89. The Kier molecular flexibility index (Phi) is 5.37. The van der Waals surface area contributed by atoms with Gasteiger partial charge in [-0.25, -0.2) is 0 Å². The molecule has 0 aliphatic rings. The number of hydrogen-bond acceptors (Lipinski definition) is 3. The highest BCUT2D eigenvalue weighted by Gasteiger charge is 2.03.